The summed E-state index contributed by atoms with van der Waals surface area (Å²) in [6.07, 6.45) is 5.10. The summed E-state index contributed by atoms with van der Waals surface area (Å²) in [5.74, 6) is -0.00781. The van der Waals surface area contributed by atoms with E-state index in [-0.39, 0.29) is 11.2 Å². The number of Topliss-reactive ketones (excluding diaryl/α,β-unsaturated/α-hetero) is 1. The lowest BCUT2D eigenvalue weighted by Gasteiger charge is -2.18. The second-order valence-electron chi connectivity index (χ2n) is 6.72. The van der Waals surface area contributed by atoms with Crippen LogP contribution in [-0.4, -0.2) is 23.9 Å². The van der Waals surface area contributed by atoms with Crippen molar-refractivity contribution in [2.24, 2.45) is 0 Å². The molecule has 4 heteroatoms. The molecule has 1 fully saturated rings. The molecule has 0 aliphatic carbocycles. The molecule has 4 nitrogen and oxygen atoms in total. The zero-order valence-electron chi connectivity index (χ0n) is 14.0. The zero-order valence-corrected chi connectivity index (χ0v) is 14.0. The molecule has 0 bridgehead atoms. The van der Waals surface area contributed by atoms with Crippen LogP contribution in [-0.2, 0) is 6.54 Å². The van der Waals surface area contributed by atoms with Crippen molar-refractivity contribution >= 4 is 16.7 Å². The predicted molar refractivity (Wildman–Crippen MR) is 92.2 cm³/mol. The van der Waals surface area contributed by atoms with Gasteiger partial charge in [0.05, 0.1) is 18.7 Å². The predicted octanol–water partition coefficient (Wildman–Crippen LogP) is 2.00. The Kier molecular flexibility index (Phi) is 4.62. The summed E-state index contributed by atoms with van der Waals surface area (Å²) in [6.45, 7) is 6.58. The fraction of sp³-hybridized carbons (Fsp3) is 0.474. The fourth-order valence-electron chi connectivity index (χ4n) is 3.54. The minimum Gasteiger partial charge on any atom is -0.358 e. The van der Waals surface area contributed by atoms with Crippen LogP contribution in [0.5, 0.6) is 0 Å². The Labute approximate surface area is 136 Å². The summed E-state index contributed by atoms with van der Waals surface area (Å²) in [5, 5.41) is 0.632. The van der Waals surface area contributed by atoms with Crippen LogP contribution in [0.15, 0.2) is 23.0 Å². The third kappa shape index (κ3) is 3.37. The highest BCUT2D eigenvalue weighted by atomic mass is 16.1. The lowest BCUT2D eigenvalue weighted by molar-refractivity contribution is -0.913. The molecule has 0 radical (unpaired) electrons. The van der Waals surface area contributed by atoms with Gasteiger partial charge < -0.3 is 9.88 Å². The summed E-state index contributed by atoms with van der Waals surface area (Å²) in [6, 6.07) is 5.35. The molecule has 2 heterocycles. The summed E-state index contributed by atoms with van der Waals surface area (Å²) in [5.41, 5.74) is 3.31. The van der Waals surface area contributed by atoms with Gasteiger partial charge in [-0.25, -0.2) is 0 Å². The van der Waals surface area contributed by atoms with E-state index in [0.717, 1.165) is 36.4 Å². The number of nitrogens with one attached hydrogen (secondary N) is 2. The van der Waals surface area contributed by atoms with Crippen LogP contribution in [0.4, 0.5) is 0 Å². The van der Waals surface area contributed by atoms with Crippen molar-refractivity contribution in [3.8, 4) is 0 Å². The van der Waals surface area contributed by atoms with Crippen molar-refractivity contribution in [2.75, 3.05) is 13.1 Å². The molecule has 0 unspecified atom stereocenters. The number of hydrogen-bond acceptors (Lipinski definition) is 2. The van der Waals surface area contributed by atoms with E-state index in [9.17, 15) is 9.59 Å². The van der Waals surface area contributed by atoms with Gasteiger partial charge in [-0.3, -0.25) is 9.59 Å². The van der Waals surface area contributed by atoms with Crippen molar-refractivity contribution in [1.29, 1.82) is 0 Å². The van der Waals surface area contributed by atoms with Gasteiger partial charge in [0.15, 0.2) is 11.2 Å². The van der Waals surface area contributed by atoms with Crippen molar-refractivity contribution in [3.05, 3.63) is 45.2 Å². The number of likely N-dealkylation sites (tertiary alicyclic amines) is 1. The average molecular weight is 313 g/mol. The van der Waals surface area contributed by atoms with Crippen molar-refractivity contribution < 1.29 is 9.69 Å². The largest absolute Gasteiger partial charge is 0.358 e. The lowest BCUT2D eigenvalue weighted by atomic mass is 10.0. The Balaban J connectivity index is 2.02. The number of rotatable bonds is 3. The molecule has 0 atom stereocenters. The Morgan fingerprint density at radius 1 is 1.17 bits per heavy atom. The number of carbonyl (C=O) groups is 1. The van der Waals surface area contributed by atoms with E-state index in [1.54, 1.807) is 12.1 Å². The third-order valence-electron chi connectivity index (χ3n) is 4.96. The van der Waals surface area contributed by atoms with E-state index in [4.69, 9.17) is 0 Å². The smallest absolute Gasteiger partial charge is 0.198 e. The van der Waals surface area contributed by atoms with E-state index < -0.39 is 0 Å². The molecule has 23 heavy (non-hydrogen) atoms. The number of fused-ring (bicyclic) bond motifs is 1. The minimum absolute atomic E-state index is 0.00781. The first-order valence-electron chi connectivity index (χ1n) is 8.56. The molecule has 1 aromatic heterocycles. The first kappa shape index (κ1) is 15.9. The number of aromatic amines is 1. The van der Waals surface area contributed by atoms with Gasteiger partial charge in [-0.2, -0.15) is 0 Å². The molecule has 2 aromatic rings. The third-order valence-corrected chi connectivity index (χ3v) is 4.96. The summed E-state index contributed by atoms with van der Waals surface area (Å²) in [4.78, 5) is 29.4. The maximum atomic E-state index is 12.9. The lowest BCUT2D eigenvalue weighted by Crippen LogP contribution is -3.10. The van der Waals surface area contributed by atoms with Crippen molar-refractivity contribution in [3.63, 3.8) is 0 Å². The monoisotopic (exact) mass is 313 g/mol. The van der Waals surface area contributed by atoms with Crippen LogP contribution in [0.3, 0.4) is 0 Å². The molecule has 1 saturated heterocycles. The van der Waals surface area contributed by atoms with E-state index >= 15 is 0 Å². The summed E-state index contributed by atoms with van der Waals surface area (Å²) < 4.78 is 0. The van der Waals surface area contributed by atoms with Gasteiger partial charge in [0.1, 0.15) is 6.54 Å². The number of pyridine rings is 1. The topological polar surface area (TPSA) is 54.4 Å². The molecular weight excluding hydrogens is 288 g/mol. The number of H-pyrrole nitrogens is 1. The molecule has 0 saturated carbocycles. The van der Waals surface area contributed by atoms with E-state index in [2.05, 4.69) is 4.98 Å². The first-order valence-corrected chi connectivity index (χ1v) is 8.56. The molecule has 1 aliphatic rings. The van der Waals surface area contributed by atoms with Gasteiger partial charge in [-0.05, 0) is 57.7 Å². The quantitative estimate of drug-likeness (QED) is 0.852. The molecule has 1 aromatic carbocycles. The van der Waals surface area contributed by atoms with Gasteiger partial charge in [0.25, 0.3) is 0 Å². The fourth-order valence-corrected chi connectivity index (χ4v) is 3.54. The summed E-state index contributed by atoms with van der Waals surface area (Å²) in [7, 11) is 0. The van der Waals surface area contributed by atoms with Crippen LogP contribution in [0, 0.1) is 6.92 Å². The van der Waals surface area contributed by atoms with E-state index in [0.29, 0.717) is 10.9 Å². The van der Waals surface area contributed by atoms with Gasteiger partial charge >= 0.3 is 0 Å². The number of hydrogen-bond donors (Lipinski definition) is 2. The number of aryl methyl sites for hydroxylation is 1. The van der Waals surface area contributed by atoms with Gasteiger partial charge in [-0.1, -0.05) is 0 Å². The Morgan fingerprint density at radius 2 is 1.87 bits per heavy atom. The number of benzene rings is 1. The molecule has 0 spiro atoms. The van der Waals surface area contributed by atoms with Crippen LogP contribution < -0.4 is 10.3 Å². The molecular formula is C19H25N2O2+. The van der Waals surface area contributed by atoms with Crippen LogP contribution in [0.2, 0.25) is 0 Å². The van der Waals surface area contributed by atoms with Crippen LogP contribution >= 0.6 is 0 Å². The van der Waals surface area contributed by atoms with E-state index in [1.165, 1.54) is 37.5 Å². The normalized spacial score (nSPS) is 16.4. The highest BCUT2D eigenvalue weighted by molar-refractivity contribution is 5.97. The SMILES string of the molecule is CC(=O)c1ccc2[nH]c(C)c(C[NH+]3CCCCCC3)c(=O)c2c1. The second kappa shape index (κ2) is 6.67. The Morgan fingerprint density at radius 3 is 2.52 bits per heavy atom. The number of carbonyl (C=O) groups excluding carboxylic acids is 1. The Bertz CT molecular complexity index is 784. The maximum Gasteiger partial charge on any atom is 0.198 e. The standard InChI is InChI=1S/C19H24N2O2/c1-13-17(12-21-9-5-3-4-6-10-21)19(23)16-11-15(14(2)22)7-8-18(16)20-13/h7-8,11H,3-6,9-10,12H2,1-2H3,(H,20,23)/p+1. The Hall–Kier alpha value is -1.94. The molecule has 122 valence electrons. The molecule has 1 aliphatic heterocycles. The molecule has 3 rings (SSSR count). The average Bonchev–Trinajstić information content (AvgIpc) is 2.79. The summed E-state index contributed by atoms with van der Waals surface area (Å²) >= 11 is 0. The minimum atomic E-state index is -0.00781. The van der Waals surface area contributed by atoms with Gasteiger partial charge in [-0.15, -0.1) is 0 Å². The maximum absolute atomic E-state index is 12.9. The number of aromatic nitrogens is 1. The zero-order chi connectivity index (χ0) is 16.4. The molecule has 0 amide bonds. The first-order chi connectivity index (χ1) is 11.1. The highest BCUT2D eigenvalue weighted by Gasteiger charge is 2.18. The van der Waals surface area contributed by atoms with E-state index in [1.807, 2.05) is 13.0 Å². The van der Waals surface area contributed by atoms with Gasteiger partial charge in [0.2, 0.25) is 0 Å². The second-order valence-corrected chi connectivity index (χ2v) is 6.72. The number of quaternary nitrogens is 1. The van der Waals surface area contributed by atoms with Crippen molar-refractivity contribution in [2.45, 2.75) is 46.1 Å². The molecule has 2 N–H and O–H groups in total. The number of ketones is 1. The van der Waals surface area contributed by atoms with Crippen LogP contribution in [0.1, 0.15) is 54.2 Å². The van der Waals surface area contributed by atoms with Gasteiger partial charge in [0, 0.05) is 22.2 Å². The van der Waals surface area contributed by atoms with Crippen molar-refractivity contribution in [1.82, 2.24) is 4.98 Å². The highest BCUT2D eigenvalue weighted by Crippen LogP contribution is 2.14. The van der Waals surface area contributed by atoms with Crippen LogP contribution in [0.25, 0.3) is 10.9 Å².